The van der Waals surface area contributed by atoms with Gasteiger partial charge >= 0.3 is 17.8 Å². The predicted molar refractivity (Wildman–Crippen MR) is 168 cm³/mol. The summed E-state index contributed by atoms with van der Waals surface area (Å²) < 4.78 is 69.5. The maximum absolute atomic E-state index is 15.4. The van der Waals surface area contributed by atoms with Crippen molar-refractivity contribution in [3.63, 3.8) is 0 Å². The number of carbonyl (C=O) groups is 2. The van der Waals surface area contributed by atoms with Crippen LogP contribution in [0.4, 0.5) is 23.2 Å². The Morgan fingerprint density at radius 2 is 1.94 bits per heavy atom. The van der Waals surface area contributed by atoms with E-state index in [2.05, 4.69) is 10.3 Å². The number of carbonyl (C=O) groups excluding carboxylic acids is 1. The maximum atomic E-state index is 15.4. The van der Waals surface area contributed by atoms with Crippen LogP contribution in [0.1, 0.15) is 33.5 Å². The summed E-state index contributed by atoms with van der Waals surface area (Å²) in [5, 5.41) is 12.7. The zero-order valence-corrected chi connectivity index (χ0v) is 26.3. The molecule has 2 atom stereocenters. The summed E-state index contributed by atoms with van der Waals surface area (Å²) in [6.45, 7) is 0.846. The second-order valence-corrected chi connectivity index (χ2v) is 11.9. The highest BCUT2D eigenvalue weighted by atomic mass is 19.4. The Morgan fingerprint density at radius 1 is 1.16 bits per heavy atom. The topological polar surface area (TPSA) is 145 Å². The summed E-state index contributed by atoms with van der Waals surface area (Å²) in [6, 6.07) is 3.03. The van der Waals surface area contributed by atoms with Gasteiger partial charge in [-0.1, -0.05) is 6.07 Å². The van der Waals surface area contributed by atoms with Crippen molar-refractivity contribution in [1.29, 1.82) is 0 Å². The third-order valence-electron chi connectivity index (χ3n) is 8.83. The van der Waals surface area contributed by atoms with E-state index in [1.807, 2.05) is 0 Å². The molecule has 2 aromatic carbocycles. The molecule has 1 amide bonds. The average Bonchev–Trinajstić information content (AvgIpc) is 3.07. The van der Waals surface area contributed by atoms with Crippen LogP contribution in [0.15, 0.2) is 52.3 Å². The number of amides is 1. The number of morpholine rings is 1. The molecule has 0 saturated carbocycles. The number of aliphatic carboxylic acids is 1. The van der Waals surface area contributed by atoms with Gasteiger partial charge in [-0.2, -0.15) is 13.2 Å². The van der Waals surface area contributed by atoms with Crippen LogP contribution in [0.2, 0.25) is 0 Å². The molecule has 0 spiro atoms. The Morgan fingerprint density at radius 3 is 2.65 bits per heavy atom. The molecule has 0 radical (unpaired) electrons. The van der Waals surface area contributed by atoms with Crippen LogP contribution < -0.4 is 26.2 Å². The molecule has 2 unspecified atom stereocenters. The van der Waals surface area contributed by atoms with Crippen LogP contribution in [-0.2, 0) is 29.4 Å². The summed E-state index contributed by atoms with van der Waals surface area (Å²) in [7, 11) is 1.50. The van der Waals surface area contributed by atoms with Crippen molar-refractivity contribution < 1.29 is 41.7 Å². The third kappa shape index (κ3) is 6.23. The van der Waals surface area contributed by atoms with Crippen LogP contribution in [0.25, 0.3) is 16.6 Å². The van der Waals surface area contributed by atoms with Gasteiger partial charge in [0.25, 0.3) is 11.5 Å². The van der Waals surface area contributed by atoms with Crippen molar-refractivity contribution in [2.45, 2.75) is 44.4 Å². The zero-order valence-electron chi connectivity index (χ0n) is 26.3. The lowest BCUT2D eigenvalue weighted by Crippen LogP contribution is -2.53. The van der Waals surface area contributed by atoms with Gasteiger partial charge in [0.1, 0.15) is 23.7 Å². The SMILES string of the molecule is Cc1cc(N2CCOCC2C(F)(F)F)cc(F)c1C(=O)NC(Cc1ccc(-n2c(=O)c3ccncc3n(C)c2=O)c2c1CCCO2)C(=O)O. The second-order valence-electron chi connectivity index (χ2n) is 11.9. The summed E-state index contributed by atoms with van der Waals surface area (Å²) in [6.07, 6.45) is -1.09. The van der Waals surface area contributed by atoms with E-state index in [0.29, 0.717) is 29.5 Å². The quantitative estimate of drug-likeness (QED) is 0.281. The Hall–Kier alpha value is -5.25. The van der Waals surface area contributed by atoms with Crippen molar-refractivity contribution in [2.75, 3.05) is 31.3 Å². The number of rotatable bonds is 7. The van der Waals surface area contributed by atoms with Gasteiger partial charge in [-0.05, 0) is 60.7 Å². The van der Waals surface area contributed by atoms with E-state index in [4.69, 9.17) is 9.47 Å². The van der Waals surface area contributed by atoms with Gasteiger partial charge in [-0.15, -0.1) is 0 Å². The zero-order chi connectivity index (χ0) is 35.2. The number of nitrogens with zero attached hydrogens (tertiary/aromatic N) is 4. The smallest absolute Gasteiger partial charge is 0.411 e. The number of hydrogen-bond donors (Lipinski definition) is 2. The Labute approximate surface area is 275 Å². The molecule has 0 aliphatic carbocycles. The summed E-state index contributed by atoms with van der Waals surface area (Å²) in [5.41, 5.74) is -0.300. The molecule has 2 aliphatic heterocycles. The first-order valence-electron chi connectivity index (χ1n) is 15.4. The van der Waals surface area contributed by atoms with Gasteiger partial charge < -0.3 is 24.8 Å². The van der Waals surface area contributed by atoms with Crippen LogP contribution >= 0.6 is 0 Å². The number of halogens is 4. The number of alkyl halides is 3. The number of nitrogens with one attached hydrogen (secondary N) is 1. The maximum Gasteiger partial charge on any atom is 0.411 e. The molecule has 12 nitrogen and oxygen atoms in total. The molecule has 258 valence electrons. The number of aryl methyl sites for hydroxylation is 2. The first-order valence-corrected chi connectivity index (χ1v) is 15.4. The molecule has 2 N–H and O–H groups in total. The van der Waals surface area contributed by atoms with Crippen molar-refractivity contribution >= 4 is 28.5 Å². The lowest BCUT2D eigenvalue weighted by molar-refractivity contribution is -0.167. The van der Waals surface area contributed by atoms with E-state index in [9.17, 15) is 37.5 Å². The highest BCUT2D eigenvalue weighted by Crippen LogP contribution is 2.35. The van der Waals surface area contributed by atoms with E-state index in [1.165, 1.54) is 49.1 Å². The van der Waals surface area contributed by atoms with Gasteiger partial charge in [0.05, 0.1) is 48.2 Å². The molecule has 49 heavy (non-hydrogen) atoms. The number of aromatic nitrogens is 3. The van der Waals surface area contributed by atoms with E-state index in [0.717, 1.165) is 15.5 Å². The van der Waals surface area contributed by atoms with Gasteiger partial charge in [-0.25, -0.2) is 18.5 Å². The van der Waals surface area contributed by atoms with Gasteiger partial charge in [0, 0.05) is 31.9 Å². The van der Waals surface area contributed by atoms with E-state index < -0.39 is 59.4 Å². The molecular weight excluding hydrogens is 654 g/mol. The molecule has 0 bridgehead atoms. The minimum absolute atomic E-state index is 0.00113. The van der Waals surface area contributed by atoms with Crippen molar-refractivity contribution in [3.05, 3.63) is 91.6 Å². The third-order valence-corrected chi connectivity index (χ3v) is 8.83. The van der Waals surface area contributed by atoms with Gasteiger partial charge in [0.15, 0.2) is 0 Å². The fraction of sp³-hybridized carbons (Fsp3) is 0.364. The second kappa shape index (κ2) is 13.0. The number of ether oxygens (including phenoxy) is 2. The van der Waals surface area contributed by atoms with Gasteiger partial charge in [0.2, 0.25) is 0 Å². The van der Waals surface area contributed by atoms with Crippen molar-refractivity contribution in [3.8, 4) is 11.4 Å². The number of carboxylic acids is 1. The minimum Gasteiger partial charge on any atom is -0.491 e. The van der Waals surface area contributed by atoms with Crippen LogP contribution in [0, 0.1) is 12.7 Å². The predicted octanol–water partition coefficient (Wildman–Crippen LogP) is 3.05. The first-order chi connectivity index (χ1) is 23.3. The highest BCUT2D eigenvalue weighted by Gasteiger charge is 2.45. The number of carboxylic acid groups (broad SMARTS) is 1. The summed E-state index contributed by atoms with van der Waals surface area (Å²) in [5.74, 6) is -3.38. The van der Waals surface area contributed by atoms with Gasteiger partial charge in [-0.3, -0.25) is 19.1 Å². The van der Waals surface area contributed by atoms with E-state index in [1.54, 1.807) is 6.07 Å². The van der Waals surface area contributed by atoms with E-state index >= 15 is 4.39 Å². The Bertz CT molecular complexity index is 2070. The van der Waals surface area contributed by atoms with Crippen molar-refractivity contribution in [1.82, 2.24) is 19.4 Å². The molecule has 16 heteroatoms. The highest BCUT2D eigenvalue weighted by molar-refractivity contribution is 5.98. The molecule has 6 rings (SSSR count). The average molecular weight is 686 g/mol. The lowest BCUT2D eigenvalue weighted by Gasteiger charge is -2.38. The number of fused-ring (bicyclic) bond motifs is 2. The summed E-state index contributed by atoms with van der Waals surface area (Å²) >= 11 is 0. The number of benzene rings is 2. The summed E-state index contributed by atoms with van der Waals surface area (Å²) in [4.78, 5) is 57.5. The molecule has 1 fully saturated rings. The number of anilines is 1. The van der Waals surface area contributed by atoms with Crippen LogP contribution in [0.3, 0.4) is 0 Å². The fourth-order valence-corrected chi connectivity index (χ4v) is 6.40. The van der Waals surface area contributed by atoms with Crippen LogP contribution in [-0.4, -0.2) is 75.7 Å². The molecule has 4 heterocycles. The largest absolute Gasteiger partial charge is 0.491 e. The monoisotopic (exact) mass is 685 g/mol. The number of pyridine rings is 1. The number of hydrogen-bond acceptors (Lipinski definition) is 8. The fourth-order valence-electron chi connectivity index (χ4n) is 6.40. The lowest BCUT2D eigenvalue weighted by atomic mass is 9.93. The minimum atomic E-state index is -4.64. The standard InChI is InChI=1S/C33H31F4N5O7/c1-17-12-19(41-9-11-48-16-26(41)33(35,36)37)14-22(34)27(17)29(43)39-23(31(45)46)13-18-5-6-24(28-20(18)4-3-10-49-28)42-30(44)21-7-8-38-15-25(21)40(2)32(42)47/h5-8,12,14-15,23,26H,3-4,9-11,13,16H2,1-2H3,(H,39,43)(H,45,46). The first kappa shape index (κ1) is 33.6. The molecular formula is C33H31F4N5O7. The normalized spacial score (nSPS) is 16.9. The molecule has 4 aromatic rings. The Kier molecular flexibility index (Phi) is 8.92. The van der Waals surface area contributed by atoms with E-state index in [-0.39, 0.29) is 54.3 Å². The Balaban J connectivity index is 1.31. The van der Waals surface area contributed by atoms with Crippen LogP contribution in [0.5, 0.6) is 5.75 Å². The molecule has 2 aliphatic rings. The molecule has 1 saturated heterocycles. The van der Waals surface area contributed by atoms with Crippen molar-refractivity contribution in [2.24, 2.45) is 7.05 Å². The molecule has 2 aromatic heterocycles.